The predicted molar refractivity (Wildman–Crippen MR) is 169 cm³/mol. The zero-order chi connectivity index (χ0) is 30.8. The molecule has 6 aromatic rings. The van der Waals surface area contributed by atoms with E-state index in [1.807, 2.05) is 31.2 Å². The number of nitrogens with zero attached hydrogens (tertiary/aromatic N) is 4. The van der Waals surface area contributed by atoms with E-state index >= 15 is 0 Å². The van der Waals surface area contributed by atoms with Gasteiger partial charge >= 0.3 is 5.69 Å². The minimum atomic E-state index is -0.542. The number of fused-ring (bicyclic) bond motifs is 2. The molecule has 0 unspecified atom stereocenters. The minimum Gasteiger partial charge on any atom is -0.490 e. The second-order valence-electron chi connectivity index (χ2n) is 9.94. The topological polar surface area (TPSA) is 122 Å². The van der Waals surface area contributed by atoms with Crippen LogP contribution in [0, 0.1) is 17.0 Å². The number of aryl methyl sites for hydroxylation is 1. The monoisotopic (exact) mass is 608 g/mol. The van der Waals surface area contributed by atoms with Gasteiger partial charge in [-0.15, -0.1) is 0 Å². The van der Waals surface area contributed by atoms with Crippen LogP contribution in [-0.4, -0.2) is 27.4 Å². The standard InChI is InChI=1S/C33H25ClN4O6/c1-3-42-29-15-22(14-27(38(40)41)31(29)43-19-21-8-6-7-20(2)13-21)18-35-37-32(36-26-10-5-4-9-25(26)33(37)39)30-17-23-16-24(34)11-12-28(23)44-30/h4-18H,3,19H2,1-2H3. The third-order valence-corrected chi connectivity index (χ3v) is 7.03. The summed E-state index contributed by atoms with van der Waals surface area (Å²) in [6.45, 7) is 4.08. The maximum atomic E-state index is 13.6. The summed E-state index contributed by atoms with van der Waals surface area (Å²) in [7, 11) is 0. The second-order valence-corrected chi connectivity index (χ2v) is 10.4. The summed E-state index contributed by atoms with van der Waals surface area (Å²) in [5.74, 6) is 0.619. The first-order valence-corrected chi connectivity index (χ1v) is 14.1. The Kier molecular flexibility index (Phi) is 7.82. The molecule has 220 valence electrons. The fraction of sp³-hybridized carbons (Fsp3) is 0.121. The molecular weight excluding hydrogens is 584 g/mol. The summed E-state index contributed by atoms with van der Waals surface area (Å²) in [5.41, 5.74) is 2.48. The molecule has 44 heavy (non-hydrogen) atoms. The summed E-state index contributed by atoms with van der Waals surface area (Å²) < 4.78 is 18.8. The Morgan fingerprint density at radius 2 is 1.89 bits per heavy atom. The first-order chi connectivity index (χ1) is 21.3. The van der Waals surface area contributed by atoms with Gasteiger partial charge in [0.05, 0.1) is 28.6 Å². The van der Waals surface area contributed by atoms with Crippen molar-refractivity contribution in [2.45, 2.75) is 20.5 Å². The highest BCUT2D eigenvalue weighted by molar-refractivity contribution is 6.31. The SMILES string of the molecule is CCOc1cc(C=Nn2c(-c3cc4cc(Cl)ccc4o3)nc3ccccc3c2=O)cc([N+](=O)[O-])c1OCc1cccc(C)c1. The van der Waals surface area contributed by atoms with Gasteiger partial charge < -0.3 is 13.9 Å². The third-order valence-electron chi connectivity index (χ3n) is 6.79. The van der Waals surface area contributed by atoms with Gasteiger partial charge in [0.2, 0.25) is 11.6 Å². The molecule has 6 rings (SSSR count). The molecule has 0 aliphatic rings. The zero-order valence-corrected chi connectivity index (χ0v) is 24.4. The van der Waals surface area contributed by atoms with Gasteiger partial charge in [0.1, 0.15) is 12.2 Å². The van der Waals surface area contributed by atoms with Crippen LogP contribution in [0.3, 0.4) is 0 Å². The maximum absolute atomic E-state index is 13.6. The molecule has 0 spiro atoms. The number of para-hydroxylation sites is 1. The molecule has 0 saturated carbocycles. The number of hydrogen-bond acceptors (Lipinski definition) is 8. The molecule has 0 fully saturated rings. The van der Waals surface area contributed by atoms with Crippen LogP contribution in [-0.2, 0) is 6.61 Å². The van der Waals surface area contributed by atoms with Gasteiger partial charge in [-0.3, -0.25) is 14.9 Å². The molecule has 0 bridgehead atoms. The van der Waals surface area contributed by atoms with Crippen molar-refractivity contribution in [2.75, 3.05) is 6.61 Å². The molecule has 0 radical (unpaired) electrons. The highest BCUT2D eigenvalue weighted by Gasteiger charge is 2.23. The Bertz CT molecular complexity index is 2140. The molecule has 4 aromatic carbocycles. The Morgan fingerprint density at radius 3 is 2.68 bits per heavy atom. The molecule has 0 saturated heterocycles. The Labute approximate surface area is 255 Å². The van der Waals surface area contributed by atoms with Gasteiger partial charge in [-0.1, -0.05) is 53.6 Å². The molecule has 2 heterocycles. The highest BCUT2D eigenvalue weighted by atomic mass is 35.5. The van der Waals surface area contributed by atoms with E-state index in [1.54, 1.807) is 61.5 Å². The lowest BCUT2D eigenvalue weighted by molar-refractivity contribution is -0.386. The molecule has 2 aromatic heterocycles. The number of furan rings is 1. The van der Waals surface area contributed by atoms with Crippen LogP contribution >= 0.6 is 11.6 Å². The molecule has 0 amide bonds. The van der Waals surface area contributed by atoms with E-state index in [-0.39, 0.29) is 36.2 Å². The number of aromatic nitrogens is 2. The molecule has 0 N–H and O–H groups in total. The number of nitro benzene ring substituents is 1. The number of ether oxygens (including phenoxy) is 2. The fourth-order valence-corrected chi connectivity index (χ4v) is 5.00. The molecule has 0 aliphatic heterocycles. The van der Waals surface area contributed by atoms with E-state index in [2.05, 4.69) is 10.1 Å². The van der Waals surface area contributed by atoms with Crippen molar-refractivity contribution in [1.29, 1.82) is 0 Å². The van der Waals surface area contributed by atoms with Crippen molar-refractivity contribution in [3.63, 3.8) is 0 Å². The van der Waals surface area contributed by atoms with Gasteiger partial charge in [0.25, 0.3) is 5.56 Å². The normalized spacial score (nSPS) is 11.4. The number of rotatable bonds is 9. The minimum absolute atomic E-state index is 0.00155. The van der Waals surface area contributed by atoms with E-state index in [0.717, 1.165) is 21.2 Å². The summed E-state index contributed by atoms with van der Waals surface area (Å²) in [4.78, 5) is 29.9. The first kappa shape index (κ1) is 28.6. The van der Waals surface area contributed by atoms with Crippen molar-refractivity contribution < 1.29 is 18.8 Å². The van der Waals surface area contributed by atoms with Crippen LogP contribution in [0.5, 0.6) is 11.5 Å². The molecule has 10 nitrogen and oxygen atoms in total. The van der Waals surface area contributed by atoms with E-state index in [0.29, 0.717) is 32.8 Å². The Morgan fingerprint density at radius 1 is 1.05 bits per heavy atom. The maximum Gasteiger partial charge on any atom is 0.315 e. The third kappa shape index (κ3) is 5.75. The van der Waals surface area contributed by atoms with E-state index in [9.17, 15) is 14.9 Å². The summed E-state index contributed by atoms with van der Waals surface area (Å²) in [6.07, 6.45) is 1.33. The number of benzene rings is 4. The number of nitro groups is 1. The summed E-state index contributed by atoms with van der Waals surface area (Å²) >= 11 is 6.16. The lowest BCUT2D eigenvalue weighted by Crippen LogP contribution is -2.20. The zero-order valence-electron chi connectivity index (χ0n) is 23.7. The largest absolute Gasteiger partial charge is 0.490 e. The van der Waals surface area contributed by atoms with Gasteiger partial charge in [-0.05, 0) is 61.9 Å². The average molecular weight is 609 g/mol. The van der Waals surface area contributed by atoms with E-state index < -0.39 is 10.5 Å². The molecule has 0 atom stereocenters. The predicted octanol–water partition coefficient (Wildman–Crippen LogP) is 7.54. The van der Waals surface area contributed by atoms with Crippen LogP contribution in [0.15, 0.2) is 99.2 Å². The van der Waals surface area contributed by atoms with Crippen LogP contribution in [0.2, 0.25) is 5.02 Å². The van der Waals surface area contributed by atoms with Crippen LogP contribution in [0.4, 0.5) is 5.69 Å². The summed E-state index contributed by atoms with van der Waals surface area (Å²) in [5, 5.41) is 18.2. The molecule has 0 aliphatic carbocycles. The Balaban J connectivity index is 1.45. The van der Waals surface area contributed by atoms with Crippen molar-refractivity contribution in [3.8, 4) is 23.1 Å². The van der Waals surface area contributed by atoms with Gasteiger partial charge in [0.15, 0.2) is 11.5 Å². The smallest absolute Gasteiger partial charge is 0.315 e. The van der Waals surface area contributed by atoms with Gasteiger partial charge in [-0.25, -0.2) is 4.98 Å². The quantitative estimate of drug-likeness (QED) is 0.0943. The van der Waals surface area contributed by atoms with E-state index in [4.69, 9.17) is 25.5 Å². The first-order valence-electron chi connectivity index (χ1n) is 13.7. The molecular formula is C33H25ClN4O6. The molecule has 11 heteroatoms. The second kappa shape index (κ2) is 12.0. The lowest BCUT2D eigenvalue weighted by atomic mass is 10.1. The summed E-state index contributed by atoms with van der Waals surface area (Å²) in [6, 6.07) is 24.3. The number of hydrogen-bond donors (Lipinski definition) is 0. The highest BCUT2D eigenvalue weighted by Crippen LogP contribution is 2.39. The van der Waals surface area contributed by atoms with Crippen molar-refractivity contribution >= 4 is 45.4 Å². The Hall–Kier alpha value is -5.48. The lowest BCUT2D eigenvalue weighted by Gasteiger charge is -2.13. The van der Waals surface area contributed by atoms with E-state index in [1.165, 1.54) is 12.3 Å². The fourth-order valence-electron chi connectivity index (χ4n) is 4.82. The van der Waals surface area contributed by atoms with Crippen molar-refractivity contribution in [1.82, 2.24) is 9.66 Å². The number of halogens is 1. The van der Waals surface area contributed by atoms with Crippen LogP contribution in [0.1, 0.15) is 23.6 Å². The van der Waals surface area contributed by atoms with Gasteiger partial charge in [-0.2, -0.15) is 9.78 Å². The van der Waals surface area contributed by atoms with Crippen molar-refractivity contribution in [3.05, 3.63) is 127 Å². The van der Waals surface area contributed by atoms with Crippen LogP contribution < -0.4 is 15.0 Å². The van der Waals surface area contributed by atoms with Crippen LogP contribution in [0.25, 0.3) is 33.5 Å². The van der Waals surface area contributed by atoms with Crippen molar-refractivity contribution in [2.24, 2.45) is 5.10 Å². The van der Waals surface area contributed by atoms with Gasteiger partial charge in [0, 0.05) is 22.0 Å². The average Bonchev–Trinajstić information content (AvgIpc) is 3.43.